The van der Waals surface area contributed by atoms with Gasteiger partial charge in [-0.05, 0) is 39.4 Å². The summed E-state index contributed by atoms with van der Waals surface area (Å²) in [5.74, 6) is 0.0520. The van der Waals surface area contributed by atoms with Crippen LogP contribution in [0.15, 0.2) is 18.2 Å². The van der Waals surface area contributed by atoms with Crippen molar-refractivity contribution in [3.8, 4) is 0 Å². The Morgan fingerprint density at radius 1 is 1.31 bits per heavy atom. The van der Waals surface area contributed by atoms with Gasteiger partial charge in [0, 0.05) is 34.9 Å². The van der Waals surface area contributed by atoms with Crippen molar-refractivity contribution in [3.05, 3.63) is 51.6 Å². The zero-order valence-electron chi connectivity index (χ0n) is 15.2. The van der Waals surface area contributed by atoms with E-state index in [-0.39, 0.29) is 23.4 Å². The predicted octanol–water partition coefficient (Wildman–Crippen LogP) is 3.28. The van der Waals surface area contributed by atoms with Gasteiger partial charge in [0.1, 0.15) is 5.82 Å². The summed E-state index contributed by atoms with van der Waals surface area (Å²) in [6.45, 7) is 4.85. The summed E-state index contributed by atoms with van der Waals surface area (Å²) in [5, 5.41) is 4.99. The molecule has 1 fully saturated rings. The molecule has 0 radical (unpaired) electrons. The molecule has 2 heterocycles. The fourth-order valence-electron chi connectivity index (χ4n) is 3.53. The number of aromatic nitrogens is 2. The second-order valence-electron chi connectivity index (χ2n) is 7.02. The normalized spacial score (nSPS) is 19.4. The van der Waals surface area contributed by atoms with Crippen molar-refractivity contribution in [2.75, 3.05) is 18.6 Å². The molecule has 0 bridgehead atoms. The topological polar surface area (TPSA) is 55.2 Å². The third-order valence-electron chi connectivity index (χ3n) is 4.95. The van der Waals surface area contributed by atoms with Crippen LogP contribution in [0.3, 0.4) is 0 Å². The molecule has 1 atom stereocenters. The van der Waals surface area contributed by atoms with Crippen molar-refractivity contribution < 1.29 is 12.8 Å². The number of hydrogen-bond acceptors (Lipinski definition) is 4. The van der Waals surface area contributed by atoms with Gasteiger partial charge in [-0.1, -0.05) is 17.7 Å². The van der Waals surface area contributed by atoms with Crippen LogP contribution in [0, 0.1) is 19.7 Å². The maximum Gasteiger partial charge on any atom is 0.152 e. The quantitative estimate of drug-likeness (QED) is 0.774. The molecule has 5 nitrogen and oxygen atoms in total. The van der Waals surface area contributed by atoms with Crippen LogP contribution in [0.5, 0.6) is 0 Å². The third-order valence-corrected chi connectivity index (χ3v) is 7.05. The summed E-state index contributed by atoms with van der Waals surface area (Å²) >= 11 is 6.12. The Morgan fingerprint density at radius 2 is 2.00 bits per heavy atom. The van der Waals surface area contributed by atoms with Gasteiger partial charge < -0.3 is 0 Å². The Hall–Kier alpha value is -1.44. The molecule has 1 saturated heterocycles. The van der Waals surface area contributed by atoms with Crippen molar-refractivity contribution in [2.45, 2.75) is 39.4 Å². The highest BCUT2D eigenvalue weighted by Crippen LogP contribution is 2.28. The van der Waals surface area contributed by atoms with Gasteiger partial charge in [0.05, 0.1) is 23.2 Å². The van der Waals surface area contributed by atoms with Crippen LogP contribution in [0.2, 0.25) is 5.02 Å². The molecule has 26 heavy (non-hydrogen) atoms. The number of benzene rings is 1. The van der Waals surface area contributed by atoms with Crippen LogP contribution >= 0.6 is 11.6 Å². The van der Waals surface area contributed by atoms with E-state index in [2.05, 4.69) is 5.10 Å². The zero-order chi connectivity index (χ0) is 19.1. The van der Waals surface area contributed by atoms with Crippen molar-refractivity contribution in [3.63, 3.8) is 0 Å². The van der Waals surface area contributed by atoms with E-state index >= 15 is 0 Å². The molecule has 1 aliphatic rings. The number of hydrogen-bond donors (Lipinski definition) is 0. The summed E-state index contributed by atoms with van der Waals surface area (Å²) < 4.78 is 39.4. The zero-order valence-corrected chi connectivity index (χ0v) is 16.7. The maximum atomic E-state index is 14.0. The van der Waals surface area contributed by atoms with Gasteiger partial charge in [-0.15, -0.1) is 0 Å². The average Bonchev–Trinajstić information content (AvgIpc) is 3.05. The van der Waals surface area contributed by atoms with Crippen LogP contribution in [0.4, 0.5) is 4.39 Å². The second kappa shape index (κ2) is 7.29. The summed E-state index contributed by atoms with van der Waals surface area (Å²) in [6, 6.07) is 4.58. The Morgan fingerprint density at radius 3 is 2.62 bits per heavy atom. The molecule has 142 valence electrons. The van der Waals surface area contributed by atoms with E-state index < -0.39 is 9.84 Å². The van der Waals surface area contributed by atoms with Crippen molar-refractivity contribution >= 4 is 21.4 Å². The average molecular weight is 400 g/mol. The number of rotatable bonds is 5. The molecule has 0 spiro atoms. The van der Waals surface area contributed by atoms with E-state index in [0.717, 1.165) is 17.0 Å². The molecule has 1 aromatic carbocycles. The minimum atomic E-state index is -2.96. The monoisotopic (exact) mass is 399 g/mol. The summed E-state index contributed by atoms with van der Waals surface area (Å²) in [7, 11) is -1.06. The fourth-order valence-corrected chi connectivity index (χ4v) is 5.44. The predicted molar refractivity (Wildman–Crippen MR) is 101 cm³/mol. The minimum Gasteiger partial charge on any atom is -0.298 e. The Bertz CT molecular complexity index is 907. The molecule has 1 aromatic heterocycles. The highest BCUT2D eigenvalue weighted by molar-refractivity contribution is 7.91. The smallest absolute Gasteiger partial charge is 0.152 e. The largest absolute Gasteiger partial charge is 0.298 e. The van der Waals surface area contributed by atoms with E-state index in [4.69, 9.17) is 11.6 Å². The lowest BCUT2D eigenvalue weighted by Crippen LogP contribution is -2.19. The van der Waals surface area contributed by atoms with Gasteiger partial charge in [0.15, 0.2) is 9.84 Å². The van der Waals surface area contributed by atoms with E-state index in [0.29, 0.717) is 30.1 Å². The number of nitrogens with zero attached hydrogens (tertiary/aromatic N) is 3. The number of halogens is 2. The first-order chi connectivity index (χ1) is 12.2. The Kier molecular flexibility index (Phi) is 5.42. The standard InChI is InChI=1S/C18H23ClFN3O2S/c1-12-15(9-22(3)10-16-17(19)5-4-6-18(16)20)13(2)23(21-12)14-7-8-26(24,25)11-14/h4-6,14H,7-11H2,1-3H3/t14-/m1/s1. The number of aryl methyl sites for hydroxylation is 1. The molecule has 0 N–H and O–H groups in total. The molecule has 0 unspecified atom stereocenters. The molecule has 0 amide bonds. The van der Waals surface area contributed by atoms with Gasteiger partial charge >= 0.3 is 0 Å². The first kappa shape index (κ1) is 19.3. The first-order valence-electron chi connectivity index (χ1n) is 8.54. The highest BCUT2D eigenvalue weighted by atomic mass is 35.5. The van der Waals surface area contributed by atoms with Crippen LogP contribution in [-0.4, -0.2) is 41.7 Å². The van der Waals surface area contributed by atoms with Crippen molar-refractivity contribution in [1.82, 2.24) is 14.7 Å². The lowest BCUT2D eigenvalue weighted by atomic mass is 10.1. The molecule has 0 aliphatic carbocycles. The van der Waals surface area contributed by atoms with E-state index in [1.165, 1.54) is 6.07 Å². The lowest BCUT2D eigenvalue weighted by molar-refractivity contribution is 0.312. The molecular formula is C18H23ClFN3O2S. The van der Waals surface area contributed by atoms with Crippen LogP contribution in [-0.2, 0) is 22.9 Å². The van der Waals surface area contributed by atoms with Crippen LogP contribution in [0.25, 0.3) is 0 Å². The van der Waals surface area contributed by atoms with Crippen molar-refractivity contribution in [1.29, 1.82) is 0 Å². The molecule has 8 heteroatoms. The fraction of sp³-hybridized carbons (Fsp3) is 0.500. The maximum absolute atomic E-state index is 14.0. The second-order valence-corrected chi connectivity index (χ2v) is 9.66. The van der Waals surface area contributed by atoms with E-state index in [1.807, 2.05) is 30.5 Å². The molecule has 3 rings (SSSR count). The van der Waals surface area contributed by atoms with Crippen LogP contribution < -0.4 is 0 Å². The van der Waals surface area contributed by atoms with Gasteiger partial charge in [0.2, 0.25) is 0 Å². The Labute approximate surface area is 158 Å². The molecule has 0 saturated carbocycles. The summed E-state index contributed by atoms with van der Waals surface area (Å²) in [6.07, 6.45) is 0.602. The Balaban J connectivity index is 1.78. The minimum absolute atomic E-state index is 0.0984. The van der Waals surface area contributed by atoms with Crippen molar-refractivity contribution in [2.24, 2.45) is 0 Å². The summed E-state index contributed by atoms with van der Waals surface area (Å²) in [4.78, 5) is 1.98. The van der Waals surface area contributed by atoms with Gasteiger partial charge in [0.25, 0.3) is 0 Å². The summed E-state index contributed by atoms with van der Waals surface area (Å²) in [5.41, 5.74) is 3.36. The number of sulfone groups is 1. The lowest BCUT2D eigenvalue weighted by Gasteiger charge is -2.19. The molecule has 1 aliphatic heterocycles. The SMILES string of the molecule is Cc1nn([C@@H]2CCS(=O)(=O)C2)c(C)c1CN(C)Cc1c(F)cccc1Cl. The van der Waals surface area contributed by atoms with E-state index in [9.17, 15) is 12.8 Å². The third kappa shape index (κ3) is 3.94. The molecular weight excluding hydrogens is 377 g/mol. The van der Waals surface area contributed by atoms with E-state index in [1.54, 1.807) is 12.1 Å². The van der Waals surface area contributed by atoms with Gasteiger partial charge in [-0.3, -0.25) is 9.58 Å². The molecule has 2 aromatic rings. The van der Waals surface area contributed by atoms with Crippen LogP contribution in [0.1, 0.15) is 35.0 Å². The highest BCUT2D eigenvalue weighted by Gasteiger charge is 2.31. The van der Waals surface area contributed by atoms with Gasteiger partial charge in [-0.25, -0.2) is 12.8 Å². The van der Waals surface area contributed by atoms with Gasteiger partial charge in [-0.2, -0.15) is 5.10 Å². The first-order valence-corrected chi connectivity index (χ1v) is 10.7.